The van der Waals surface area contributed by atoms with Gasteiger partial charge in [-0.2, -0.15) is 10.1 Å². The quantitative estimate of drug-likeness (QED) is 0.659. The lowest BCUT2D eigenvalue weighted by Gasteiger charge is -2.20. The summed E-state index contributed by atoms with van der Waals surface area (Å²) < 4.78 is 1.78. The fourth-order valence-corrected chi connectivity index (χ4v) is 3.45. The second-order valence-corrected chi connectivity index (χ2v) is 8.58. The lowest BCUT2D eigenvalue weighted by molar-refractivity contribution is 0.366. The Bertz CT molecular complexity index is 953. The third-order valence-corrected chi connectivity index (χ3v) is 5.01. The molecule has 1 unspecified atom stereocenters. The van der Waals surface area contributed by atoms with Gasteiger partial charge in [0.25, 0.3) is 5.56 Å². The van der Waals surface area contributed by atoms with Crippen LogP contribution >= 0.6 is 11.8 Å². The number of hydrogen-bond donors (Lipinski definition) is 2. The number of nitrogens with one attached hydrogen (secondary N) is 2. The second-order valence-electron chi connectivity index (χ2n) is 7.25. The summed E-state index contributed by atoms with van der Waals surface area (Å²) in [5, 5.41) is 8.13. The third kappa shape index (κ3) is 3.77. The zero-order valence-electron chi connectivity index (χ0n) is 15.8. The lowest BCUT2D eigenvalue weighted by Crippen LogP contribution is -2.24. The summed E-state index contributed by atoms with van der Waals surface area (Å²) in [5.41, 5.74) is 1.29. The summed E-state index contributed by atoms with van der Waals surface area (Å²) in [6.07, 6.45) is 1.57. The van der Waals surface area contributed by atoms with E-state index in [1.807, 2.05) is 39.5 Å². The van der Waals surface area contributed by atoms with E-state index in [2.05, 4.69) is 51.6 Å². The minimum Gasteiger partial charge on any atom is -0.349 e. The van der Waals surface area contributed by atoms with Gasteiger partial charge >= 0.3 is 0 Å². The van der Waals surface area contributed by atoms with Crippen molar-refractivity contribution in [2.24, 2.45) is 0 Å². The number of nitrogens with zero attached hydrogens (tertiary/aromatic N) is 3. The van der Waals surface area contributed by atoms with Gasteiger partial charge in [-0.25, -0.2) is 4.68 Å². The number of thioether (sulfide) groups is 1. The van der Waals surface area contributed by atoms with Crippen molar-refractivity contribution in [3.05, 3.63) is 46.4 Å². The van der Waals surface area contributed by atoms with Crippen molar-refractivity contribution in [1.29, 1.82) is 0 Å². The molecule has 6 nitrogen and oxygen atoms in total. The molecule has 26 heavy (non-hydrogen) atoms. The average Bonchev–Trinajstić information content (AvgIpc) is 3.00. The van der Waals surface area contributed by atoms with Gasteiger partial charge in [0.2, 0.25) is 5.95 Å². The predicted octanol–water partition coefficient (Wildman–Crippen LogP) is 4.16. The third-order valence-electron chi connectivity index (χ3n) is 4.12. The Labute approximate surface area is 157 Å². The molecule has 2 aromatic heterocycles. The summed E-state index contributed by atoms with van der Waals surface area (Å²) in [7, 11) is 0. The maximum Gasteiger partial charge on any atom is 0.263 e. The predicted molar refractivity (Wildman–Crippen MR) is 108 cm³/mol. The number of fused-ring (bicyclic) bond motifs is 1. The highest BCUT2D eigenvalue weighted by atomic mass is 32.2. The van der Waals surface area contributed by atoms with E-state index in [0.717, 1.165) is 11.3 Å². The van der Waals surface area contributed by atoms with Gasteiger partial charge in [-0.1, -0.05) is 19.1 Å². The molecule has 0 aliphatic rings. The minimum absolute atomic E-state index is 0.0160. The van der Waals surface area contributed by atoms with E-state index in [1.165, 1.54) is 4.90 Å². The summed E-state index contributed by atoms with van der Waals surface area (Å²) in [6, 6.07) is 8.46. The fraction of sp³-hybridized carbons (Fsp3) is 0.421. The average molecular weight is 372 g/mol. The van der Waals surface area contributed by atoms with Crippen molar-refractivity contribution in [3.8, 4) is 0 Å². The largest absolute Gasteiger partial charge is 0.349 e. The zero-order valence-corrected chi connectivity index (χ0v) is 16.6. The first-order valence-corrected chi connectivity index (χ1v) is 9.76. The Morgan fingerprint density at radius 2 is 1.96 bits per heavy atom. The molecule has 1 atom stereocenters. The molecule has 0 fully saturated rings. The van der Waals surface area contributed by atoms with Crippen LogP contribution in [0.4, 0.5) is 5.95 Å². The highest BCUT2D eigenvalue weighted by Gasteiger charge is 2.20. The molecule has 0 amide bonds. The van der Waals surface area contributed by atoms with E-state index in [0.29, 0.717) is 17.0 Å². The van der Waals surface area contributed by atoms with Gasteiger partial charge in [-0.15, -0.1) is 11.8 Å². The summed E-state index contributed by atoms with van der Waals surface area (Å²) in [5.74, 6) is 1.51. The number of benzene rings is 1. The highest BCUT2D eigenvalue weighted by Crippen LogP contribution is 2.23. The van der Waals surface area contributed by atoms with Crippen LogP contribution in [-0.4, -0.2) is 25.5 Å². The molecule has 1 aromatic carbocycles. The maximum absolute atomic E-state index is 12.4. The molecule has 0 aliphatic heterocycles. The topological polar surface area (TPSA) is 75.6 Å². The van der Waals surface area contributed by atoms with Gasteiger partial charge in [-0.3, -0.25) is 9.78 Å². The molecule has 138 valence electrons. The van der Waals surface area contributed by atoms with Crippen LogP contribution in [0.15, 0.2) is 40.2 Å². The Morgan fingerprint density at radius 3 is 2.58 bits per heavy atom. The number of aromatic amines is 1. The molecular weight excluding hydrogens is 346 g/mol. The first kappa shape index (κ1) is 18.5. The standard InChI is InChI=1S/C19H25N5OS/c1-6-26-14-9-7-13(8-10-14)12(2)21-18-22-16-15(17(25)23-18)11-20-24(16)19(3,4)5/h7-12H,6H2,1-5H3,(H2,21,22,23,25). The van der Waals surface area contributed by atoms with E-state index in [1.54, 1.807) is 10.9 Å². The van der Waals surface area contributed by atoms with E-state index in [-0.39, 0.29) is 17.1 Å². The van der Waals surface area contributed by atoms with Crippen molar-refractivity contribution in [2.45, 2.75) is 51.1 Å². The van der Waals surface area contributed by atoms with Gasteiger partial charge < -0.3 is 5.32 Å². The van der Waals surface area contributed by atoms with E-state index < -0.39 is 0 Å². The van der Waals surface area contributed by atoms with Crippen molar-refractivity contribution in [3.63, 3.8) is 0 Å². The first-order valence-electron chi connectivity index (χ1n) is 8.77. The smallest absolute Gasteiger partial charge is 0.263 e. The number of anilines is 1. The Morgan fingerprint density at radius 1 is 1.27 bits per heavy atom. The fourth-order valence-electron chi connectivity index (χ4n) is 2.79. The molecule has 3 rings (SSSR count). The van der Waals surface area contributed by atoms with Crippen LogP contribution in [0.3, 0.4) is 0 Å². The van der Waals surface area contributed by atoms with Crippen LogP contribution in [0.1, 0.15) is 46.2 Å². The normalized spacial score (nSPS) is 13.1. The van der Waals surface area contributed by atoms with Crippen molar-refractivity contribution < 1.29 is 0 Å². The maximum atomic E-state index is 12.4. The molecular formula is C19H25N5OS. The summed E-state index contributed by atoms with van der Waals surface area (Å²) in [6.45, 7) is 10.3. The van der Waals surface area contributed by atoms with Gasteiger partial charge in [-0.05, 0) is 51.1 Å². The molecule has 3 aromatic rings. The Hall–Kier alpha value is -2.28. The molecule has 0 spiro atoms. The van der Waals surface area contributed by atoms with Crippen LogP contribution in [0.2, 0.25) is 0 Å². The van der Waals surface area contributed by atoms with Crippen LogP contribution in [0, 0.1) is 0 Å². The second kappa shape index (κ2) is 7.15. The Balaban J connectivity index is 1.89. The molecule has 0 saturated carbocycles. The molecule has 0 saturated heterocycles. The van der Waals surface area contributed by atoms with E-state index in [4.69, 9.17) is 0 Å². The van der Waals surface area contributed by atoms with Gasteiger partial charge in [0.1, 0.15) is 5.39 Å². The minimum atomic E-state index is -0.252. The monoisotopic (exact) mass is 371 g/mol. The summed E-state index contributed by atoms with van der Waals surface area (Å²) >= 11 is 1.82. The molecule has 0 radical (unpaired) electrons. The van der Waals surface area contributed by atoms with E-state index in [9.17, 15) is 4.79 Å². The molecule has 0 aliphatic carbocycles. The molecule has 0 bridgehead atoms. The number of aromatic nitrogens is 4. The molecule has 7 heteroatoms. The lowest BCUT2D eigenvalue weighted by atomic mass is 10.1. The first-order chi connectivity index (χ1) is 12.3. The molecule has 2 N–H and O–H groups in total. The van der Waals surface area contributed by atoms with Gasteiger partial charge in [0.15, 0.2) is 5.65 Å². The van der Waals surface area contributed by atoms with Crippen LogP contribution in [0.5, 0.6) is 0 Å². The SMILES string of the molecule is CCSc1ccc(C(C)Nc2nc3c(cnn3C(C)(C)C)c(=O)[nH]2)cc1. The number of hydrogen-bond acceptors (Lipinski definition) is 5. The van der Waals surface area contributed by atoms with E-state index >= 15 is 0 Å². The van der Waals surface area contributed by atoms with Crippen LogP contribution < -0.4 is 10.9 Å². The zero-order chi connectivity index (χ0) is 18.9. The number of rotatable bonds is 5. The number of H-pyrrole nitrogens is 1. The van der Waals surface area contributed by atoms with Crippen molar-refractivity contribution >= 4 is 28.7 Å². The van der Waals surface area contributed by atoms with Crippen molar-refractivity contribution in [1.82, 2.24) is 19.7 Å². The van der Waals surface area contributed by atoms with Gasteiger partial charge in [0, 0.05) is 4.90 Å². The van der Waals surface area contributed by atoms with Crippen LogP contribution in [-0.2, 0) is 5.54 Å². The molecule has 2 heterocycles. The van der Waals surface area contributed by atoms with Gasteiger partial charge in [0.05, 0.1) is 17.8 Å². The van der Waals surface area contributed by atoms with Crippen LogP contribution in [0.25, 0.3) is 11.0 Å². The van der Waals surface area contributed by atoms with Crippen molar-refractivity contribution in [2.75, 3.05) is 11.1 Å². The summed E-state index contributed by atoms with van der Waals surface area (Å²) in [4.78, 5) is 21.1. The Kier molecular flexibility index (Phi) is 5.09. The highest BCUT2D eigenvalue weighted by molar-refractivity contribution is 7.99.